The number of carbonyl (C=O) groups is 1. The number of para-hydroxylation sites is 1. The number of aryl methyl sites for hydroxylation is 1. The Kier molecular flexibility index (Phi) is 5.99. The number of hydrogen-bond donors (Lipinski definition) is 5. The summed E-state index contributed by atoms with van der Waals surface area (Å²) in [6, 6.07) is 8.64. The number of phenolic OH excluding ortho intramolecular Hbond substituents is 1. The van der Waals surface area contributed by atoms with Crippen LogP contribution >= 0.6 is 0 Å². The van der Waals surface area contributed by atoms with Gasteiger partial charge in [0, 0.05) is 14.1 Å². The van der Waals surface area contributed by atoms with Crippen LogP contribution in [0.4, 0.5) is 29.0 Å². The lowest BCUT2D eigenvalue weighted by molar-refractivity contribution is 0.0824. The largest absolute Gasteiger partial charge is 0.505 e. The van der Waals surface area contributed by atoms with Crippen molar-refractivity contribution in [3.8, 4) is 5.75 Å². The number of carbonyl (C=O) groups excluding carboxylic acids is 1. The van der Waals surface area contributed by atoms with Crippen LogP contribution in [0.2, 0.25) is 0 Å². The molecule has 34 heavy (non-hydrogen) atoms. The molecule has 0 radical (unpaired) electrons. The third kappa shape index (κ3) is 4.57. The minimum atomic E-state index is -0.300. The maximum Gasteiger partial charge on any atom is 0.257 e. The van der Waals surface area contributed by atoms with Gasteiger partial charge in [0.25, 0.3) is 5.91 Å². The molecular weight excluding hydrogens is 434 g/mol. The minimum absolute atomic E-state index is 0.158. The number of aromatic nitrogens is 2. The zero-order chi connectivity index (χ0) is 24.6. The average molecular weight is 466 g/mol. The first-order valence-electron chi connectivity index (χ1n) is 11.1. The van der Waals surface area contributed by atoms with Gasteiger partial charge in [-0.2, -0.15) is 0 Å². The Balaban J connectivity index is 1.75. The number of rotatable bonds is 6. The molecule has 0 saturated heterocycles. The van der Waals surface area contributed by atoms with Crippen molar-refractivity contribution in [3.63, 3.8) is 0 Å². The Morgan fingerprint density at radius 1 is 1.12 bits per heavy atom. The van der Waals surface area contributed by atoms with E-state index in [2.05, 4.69) is 47.0 Å². The monoisotopic (exact) mass is 465 g/mol. The lowest BCUT2D eigenvalue weighted by atomic mass is 9.85. The van der Waals surface area contributed by atoms with Gasteiger partial charge in [-0.15, -0.1) is 0 Å². The Morgan fingerprint density at radius 3 is 2.38 bits per heavy atom. The van der Waals surface area contributed by atoms with Crippen molar-refractivity contribution in [2.24, 2.45) is 5.41 Å². The summed E-state index contributed by atoms with van der Waals surface area (Å²) < 4.78 is 5.94. The van der Waals surface area contributed by atoms with Gasteiger partial charge < -0.3 is 35.7 Å². The van der Waals surface area contributed by atoms with Crippen LogP contribution in [-0.4, -0.2) is 46.6 Å². The number of benzene rings is 1. The van der Waals surface area contributed by atoms with Gasteiger partial charge in [0.15, 0.2) is 29.0 Å². The molecule has 3 aromatic rings. The topological polar surface area (TPSA) is 128 Å². The lowest BCUT2D eigenvalue weighted by Gasteiger charge is -2.31. The fourth-order valence-electron chi connectivity index (χ4n) is 3.73. The van der Waals surface area contributed by atoms with Gasteiger partial charge in [-0.05, 0) is 36.6 Å². The molecule has 10 nitrogen and oxygen atoms in total. The van der Waals surface area contributed by atoms with Crippen LogP contribution in [0.15, 0.2) is 34.7 Å². The van der Waals surface area contributed by atoms with Crippen LogP contribution in [0.1, 0.15) is 48.7 Å². The lowest BCUT2D eigenvalue weighted by Crippen LogP contribution is -2.26. The number of fused-ring (bicyclic) bond motifs is 1. The molecule has 0 bridgehead atoms. The van der Waals surface area contributed by atoms with Gasteiger partial charge in [0.2, 0.25) is 0 Å². The quantitative estimate of drug-likeness (QED) is 0.334. The van der Waals surface area contributed by atoms with Gasteiger partial charge in [0.1, 0.15) is 11.5 Å². The summed E-state index contributed by atoms with van der Waals surface area (Å²) >= 11 is 0. The number of anilines is 5. The van der Waals surface area contributed by atoms with Gasteiger partial charge in [-0.1, -0.05) is 26.8 Å². The second-order valence-electron chi connectivity index (χ2n) is 9.57. The highest BCUT2D eigenvalue weighted by atomic mass is 16.3. The van der Waals surface area contributed by atoms with E-state index in [1.165, 1.54) is 4.90 Å². The smallest absolute Gasteiger partial charge is 0.257 e. The van der Waals surface area contributed by atoms with Gasteiger partial charge in [0.05, 0.1) is 24.0 Å². The molecule has 1 atom stereocenters. The molecular formula is C24H31N7O3. The van der Waals surface area contributed by atoms with Crippen molar-refractivity contribution in [1.29, 1.82) is 0 Å². The predicted octanol–water partition coefficient (Wildman–Crippen LogP) is 4.52. The summed E-state index contributed by atoms with van der Waals surface area (Å²) in [5, 5.41) is 23.8. The fraction of sp³-hybridized carbons (Fsp3) is 0.375. The molecule has 0 fully saturated rings. The molecule has 1 aliphatic heterocycles. The Hall–Kier alpha value is -3.95. The third-order valence-corrected chi connectivity index (χ3v) is 5.53. The molecule has 3 heterocycles. The van der Waals surface area contributed by atoms with Crippen LogP contribution in [0.25, 0.3) is 0 Å². The summed E-state index contributed by atoms with van der Waals surface area (Å²) in [5.41, 5.74) is 0.322. The molecule has 10 heteroatoms. The summed E-state index contributed by atoms with van der Waals surface area (Å²) in [5.74, 6) is 3.24. The highest BCUT2D eigenvalue weighted by Gasteiger charge is 2.31. The second-order valence-corrected chi connectivity index (χ2v) is 9.57. The van der Waals surface area contributed by atoms with Crippen LogP contribution < -0.4 is 21.3 Å². The first kappa shape index (κ1) is 23.2. The molecule has 2 aromatic heterocycles. The Morgan fingerprint density at radius 2 is 1.79 bits per heavy atom. The van der Waals surface area contributed by atoms with Crippen LogP contribution in [0.5, 0.6) is 5.75 Å². The Labute approximate surface area is 198 Å². The zero-order valence-corrected chi connectivity index (χ0v) is 20.3. The van der Waals surface area contributed by atoms with E-state index in [0.29, 0.717) is 35.6 Å². The fourth-order valence-corrected chi connectivity index (χ4v) is 3.73. The zero-order valence-electron chi connectivity index (χ0n) is 20.3. The van der Waals surface area contributed by atoms with Crippen molar-refractivity contribution < 1.29 is 14.3 Å². The summed E-state index contributed by atoms with van der Waals surface area (Å²) in [6.45, 7) is 8.75. The molecule has 0 unspecified atom stereocenters. The number of phenols is 1. The first-order chi connectivity index (χ1) is 16.0. The van der Waals surface area contributed by atoms with Crippen molar-refractivity contribution in [3.05, 3.63) is 47.4 Å². The standard InChI is InChI=1S/C24H31N7O3/c1-13-10-11-16(34-13)18(24(2,3)4)28-22-21(29-19-20(30-22)26-12-25-19)27-15-9-7-8-14(17(15)32)23(33)31(5)6/h7-11,18,32H,12H2,1-6H3,(H2,25,27,29)(H2,26,28,30)/t18-/m0/s1. The Bertz CT molecular complexity index is 1210. The van der Waals surface area contributed by atoms with E-state index in [4.69, 9.17) is 9.40 Å². The minimum Gasteiger partial charge on any atom is -0.505 e. The number of furan rings is 1. The molecule has 1 aliphatic rings. The molecule has 1 amide bonds. The molecule has 0 saturated carbocycles. The van der Waals surface area contributed by atoms with E-state index in [9.17, 15) is 9.90 Å². The van der Waals surface area contributed by atoms with E-state index in [0.717, 1.165) is 11.5 Å². The van der Waals surface area contributed by atoms with E-state index < -0.39 is 0 Å². The summed E-state index contributed by atoms with van der Waals surface area (Å²) in [4.78, 5) is 23.3. The molecule has 0 spiro atoms. The van der Waals surface area contributed by atoms with E-state index in [-0.39, 0.29) is 28.7 Å². The SMILES string of the molecule is Cc1ccc([C@H](Nc2nc3c(nc2Nc2cccc(C(=O)N(C)C)c2O)NCN3)C(C)(C)C)o1. The first-order valence-corrected chi connectivity index (χ1v) is 11.1. The number of amides is 1. The third-order valence-electron chi connectivity index (χ3n) is 5.53. The van der Waals surface area contributed by atoms with E-state index >= 15 is 0 Å². The van der Waals surface area contributed by atoms with Crippen molar-refractivity contribution in [1.82, 2.24) is 14.9 Å². The number of nitrogens with one attached hydrogen (secondary N) is 4. The molecule has 180 valence electrons. The highest BCUT2D eigenvalue weighted by molar-refractivity contribution is 5.98. The normalized spacial score (nSPS) is 13.5. The number of nitrogens with zero attached hydrogens (tertiary/aromatic N) is 3. The maximum atomic E-state index is 12.5. The van der Waals surface area contributed by atoms with Crippen LogP contribution in [0.3, 0.4) is 0 Å². The molecule has 1 aromatic carbocycles. The highest BCUT2D eigenvalue weighted by Crippen LogP contribution is 2.40. The molecule has 4 rings (SSSR count). The van der Waals surface area contributed by atoms with Crippen molar-refractivity contribution >= 4 is 34.9 Å². The average Bonchev–Trinajstić information content (AvgIpc) is 3.40. The van der Waals surface area contributed by atoms with E-state index in [1.807, 2.05) is 19.1 Å². The predicted molar refractivity (Wildman–Crippen MR) is 133 cm³/mol. The molecule has 0 aliphatic carbocycles. The van der Waals surface area contributed by atoms with Gasteiger partial charge >= 0.3 is 0 Å². The summed E-state index contributed by atoms with van der Waals surface area (Å²) in [7, 11) is 3.27. The number of aromatic hydroxyl groups is 1. The van der Waals surface area contributed by atoms with E-state index in [1.54, 1.807) is 32.3 Å². The van der Waals surface area contributed by atoms with Crippen LogP contribution in [0, 0.1) is 12.3 Å². The van der Waals surface area contributed by atoms with Crippen molar-refractivity contribution in [2.45, 2.75) is 33.7 Å². The molecule has 5 N–H and O–H groups in total. The maximum absolute atomic E-state index is 12.5. The van der Waals surface area contributed by atoms with Crippen LogP contribution in [-0.2, 0) is 0 Å². The van der Waals surface area contributed by atoms with Crippen molar-refractivity contribution in [2.75, 3.05) is 42.0 Å². The summed E-state index contributed by atoms with van der Waals surface area (Å²) in [6.07, 6.45) is 0. The second kappa shape index (κ2) is 8.77. The van der Waals surface area contributed by atoms with Gasteiger partial charge in [-0.3, -0.25) is 4.79 Å². The van der Waals surface area contributed by atoms with Gasteiger partial charge in [-0.25, -0.2) is 9.97 Å². The number of hydrogen-bond acceptors (Lipinski definition) is 9.